The van der Waals surface area contributed by atoms with Gasteiger partial charge in [0, 0.05) is 11.9 Å². The number of fused-ring (bicyclic) bond motifs is 3. The largest absolute Gasteiger partial charge is 0.465 e. The normalized spacial score (nSPS) is 12.6. The van der Waals surface area contributed by atoms with Crippen LogP contribution in [0.5, 0.6) is 0 Å². The van der Waals surface area contributed by atoms with Crippen molar-refractivity contribution in [3.63, 3.8) is 0 Å². The number of hydrogen-bond donors (Lipinski definition) is 2. The topological polar surface area (TPSA) is 80.0 Å². The molecular weight excluding hydrogens is 304 g/mol. The van der Waals surface area contributed by atoms with Crippen molar-refractivity contribution in [2.45, 2.75) is 18.8 Å². The predicted molar refractivity (Wildman–Crippen MR) is 85.3 cm³/mol. The number of carbonyl (C=O) groups is 1. The first-order valence-corrected chi connectivity index (χ1v) is 7.42. The molecule has 0 spiro atoms. The maximum absolute atomic E-state index is 10.7. The summed E-state index contributed by atoms with van der Waals surface area (Å²) < 4.78 is 1.99. The van der Waals surface area contributed by atoms with Crippen LogP contribution in [-0.4, -0.2) is 32.3 Å². The molecule has 0 aliphatic carbocycles. The first kappa shape index (κ1) is 14.6. The third-order valence-corrected chi connectivity index (χ3v) is 3.84. The Bertz CT molecular complexity index is 846. The molecule has 7 heteroatoms. The number of imidazole rings is 1. The van der Waals surface area contributed by atoms with Crippen LogP contribution in [0.3, 0.4) is 0 Å². The van der Waals surface area contributed by atoms with E-state index in [1.165, 1.54) is 0 Å². The van der Waals surface area contributed by atoms with E-state index in [1.54, 1.807) is 6.20 Å². The second-order valence-electron chi connectivity index (χ2n) is 5.08. The van der Waals surface area contributed by atoms with Gasteiger partial charge in [0.2, 0.25) is 0 Å². The molecule has 2 heterocycles. The lowest BCUT2D eigenvalue weighted by molar-refractivity contribution is 0.193. The van der Waals surface area contributed by atoms with Crippen molar-refractivity contribution in [1.82, 2.24) is 19.9 Å². The first-order chi connectivity index (χ1) is 10.6. The smallest absolute Gasteiger partial charge is 0.404 e. The highest BCUT2D eigenvalue weighted by Gasteiger charge is 2.18. The molecule has 0 fully saturated rings. The van der Waals surface area contributed by atoms with E-state index >= 15 is 0 Å². The number of benzene rings is 1. The Morgan fingerprint density at radius 2 is 2.18 bits per heavy atom. The summed E-state index contributed by atoms with van der Waals surface area (Å²) in [5.74, 6) is 0.954. The Morgan fingerprint density at radius 3 is 2.91 bits per heavy atom. The van der Waals surface area contributed by atoms with Crippen LogP contribution in [0.1, 0.15) is 18.8 Å². The van der Waals surface area contributed by atoms with Crippen LogP contribution in [0.2, 0.25) is 0 Å². The Morgan fingerprint density at radius 1 is 1.41 bits per heavy atom. The Labute approximate surface area is 131 Å². The standard InChI is InChI=1S/C15H15ClN4O2/c1-9(7-18-15(21)22)20-13(6-16)19-12-8-17-11-5-3-2-4-10(11)14(12)20/h2-5,8-9,18H,6-7H2,1H3,(H,21,22)/t9-/m0/s1. The Kier molecular flexibility index (Phi) is 3.85. The number of carboxylic acid groups (broad SMARTS) is 1. The summed E-state index contributed by atoms with van der Waals surface area (Å²) in [5.41, 5.74) is 2.56. The molecule has 0 saturated heterocycles. The highest BCUT2D eigenvalue weighted by molar-refractivity contribution is 6.17. The van der Waals surface area contributed by atoms with E-state index in [9.17, 15) is 4.79 Å². The number of alkyl halides is 1. The molecule has 0 saturated carbocycles. The lowest BCUT2D eigenvalue weighted by Gasteiger charge is -2.17. The minimum absolute atomic E-state index is 0.111. The van der Waals surface area contributed by atoms with Gasteiger partial charge in [-0.05, 0) is 13.0 Å². The minimum atomic E-state index is -1.05. The number of hydrogen-bond acceptors (Lipinski definition) is 3. The van der Waals surface area contributed by atoms with E-state index in [1.807, 2.05) is 35.8 Å². The number of halogens is 1. The van der Waals surface area contributed by atoms with Crippen LogP contribution in [0.25, 0.3) is 21.9 Å². The molecule has 6 nitrogen and oxygen atoms in total. The molecule has 1 aromatic carbocycles. The Balaban J connectivity index is 2.21. The van der Waals surface area contributed by atoms with Gasteiger partial charge in [-0.15, -0.1) is 11.6 Å². The molecule has 0 unspecified atom stereocenters. The van der Waals surface area contributed by atoms with E-state index in [0.29, 0.717) is 5.82 Å². The average Bonchev–Trinajstić information content (AvgIpc) is 2.91. The predicted octanol–water partition coefficient (Wildman–Crippen LogP) is 3.15. The number of rotatable bonds is 4. The van der Waals surface area contributed by atoms with E-state index < -0.39 is 6.09 Å². The maximum atomic E-state index is 10.7. The third kappa shape index (κ3) is 2.46. The maximum Gasteiger partial charge on any atom is 0.404 e. The second-order valence-corrected chi connectivity index (χ2v) is 5.34. The van der Waals surface area contributed by atoms with Gasteiger partial charge in [0.1, 0.15) is 11.3 Å². The molecule has 0 aliphatic heterocycles. The molecule has 1 atom stereocenters. The van der Waals surface area contributed by atoms with Crippen molar-refractivity contribution < 1.29 is 9.90 Å². The van der Waals surface area contributed by atoms with E-state index in [2.05, 4.69) is 15.3 Å². The van der Waals surface area contributed by atoms with Crippen molar-refractivity contribution in [1.29, 1.82) is 0 Å². The molecule has 3 rings (SSSR count). The van der Waals surface area contributed by atoms with Gasteiger partial charge < -0.3 is 15.0 Å². The molecule has 114 valence electrons. The van der Waals surface area contributed by atoms with Crippen LogP contribution in [0, 0.1) is 0 Å². The molecule has 0 aliphatic rings. The quantitative estimate of drug-likeness (QED) is 0.724. The molecule has 1 amide bonds. The monoisotopic (exact) mass is 318 g/mol. The van der Waals surface area contributed by atoms with Gasteiger partial charge in [-0.1, -0.05) is 18.2 Å². The average molecular weight is 319 g/mol. The molecule has 22 heavy (non-hydrogen) atoms. The summed E-state index contributed by atoms with van der Waals surface area (Å²) in [5, 5.41) is 12.2. The summed E-state index contributed by atoms with van der Waals surface area (Å²) in [4.78, 5) is 19.7. The highest BCUT2D eigenvalue weighted by atomic mass is 35.5. The molecule has 2 N–H and O–H groups in total. The fourth-order valence-electron chi connectivity index (χ4n) is 2.67. The number of nitrogens with zero attached hydrogens (tertiary/aromatic N) is 3. The summed E-state index contributed by atoms with van der Waals surface area (Å²) in [6.07, 6.45) is 0.678. The van der Waals surface area contributed by atoms with Gasteiger partial charge in [-0.3, -0.25) is 4.98 Å². The SMILES string of the molecule is C[C@@H](CNC(=O)O)n1c(CCl)nc2cnc3ccccc3c21. The zero-order chi connectivity index (χ0) is 15.7. The van der Waals surface area contributed by atoms with Crippen LogP contribution in [-0.2, 0) is 5.88 Å². The van der Waals surface area contributed by atoms with Crippen LogP contribution < -0.4 is 5.32 Å². The van der Waals surface area contributed by atoms with Crippen LogP contribution >= 0.6 is 11.6 Å². The first-order valence-electron chi connectivity index (χ1n) is 6.89. The highest BCUT2D eigenvalue weighted by Crippen LogP contribution is 2.28. The Hall–Kier alpha value is -2.34. The molecule has 0 radical (unpaired) electrons. The van der Waals surface area contributed by atoms with Crippen molar-refractivity contribution in [3.8, 4) is 0 Å². The van der Waals surface area contributed by atoms with Gasteiger partial charge in [-0.25, -0.2) is 9.78 Å². The van der Waals surface area contributed by atoms with E-state index in [0.717, 1.165) is 21.9 Å². The van der Waals surface area contributed by atoms with Gasteiger partial charge in [0.05, 0.1) is 29.2 Å². The van der Waals surface area contributed by atoms with Crippen molar-refractivity contribution in [3.05, 3.63) is 36.3 Å². The van der Waals surface area contributed by atoms with Crippen molar-refractivity contribution >= 4 is 39.6 Å². The van der Waals surface area contributed by atoms with Gasteiger partial charge >= 0.3 is 6.09 Å². The summed E-state index contributed by atoms with van der Waals surface area (Å²) >= 11 is 6.02. The zero-order valence-corrected chi connectivity index (χ0v) is 12.7. The fourth-order valence-corrected chi connectivity index (χ4v) is 2.86. The van der Waals surface area contributed by atoms with Gasteiger partial charge in [0.25, 0.3) is 0 Å². The molecule has 2 aromatic heterocycles. The lowest BCUT2D eigenvalue weighted by atomic mass is 10.2. The molecule has 3 aromatic rings. The number of amides is 1. The van der Waals surface area contributed by atoms with E-state index in [-0.39, 0.29) is 18.5 Å². The zero-order valence-electron chi connectivity index (χ0n) is 12.0. The number of para-hydroxylation sites is 1. The second kappa shape index (κ2) is 5.81. The minimum Gasteiger partial charge on any atom is -0.465 e. The van der Waals surface area contributed by atoms with Gasteiger partial charge in [0.15, 0.2) is 0 Å². The molecular formula is C15H15ClN4O2. The van der Waals surface area contributed by atoms with E-state index in [4.69, 9.17) is 16.7 Å². The van der Waals surface area contributed by atoms with Gasteiger partial charge in [-0.2, -0.15) is 0 Å². The number of nitrogens with one attached hydrogen (secondary N) is 1. The summed E-state index contributed by atoms with van der Waals surface area (Å²) in [6, 6.07) is 7.69. The van der Waals surface area contributed by atoms with Crippen LogP contribution in [0.4, 0.5) is 4.79 Å². The van der Waals surface area contributed by atoms with Crippen molar-refractivity contribution in [2.75, 3.05) is 6.54 Å². The molecule has 0 bridgehead atoms. The number of pyridine rings is 1. The fraction of sp³-hybridized carbons (Fsp3) is 0.267. The third-order valence-electron chi connectivity index (χ3n) is 3.61. The number of aromatic nitrogens is 3. The van der Waals surface area contributed by atoms with Crippen molar-refractivity contribution in [2.24, 2.45) is 0 Å². The lowest BCUT2D eigenvalue weighted by Crippen LogP contribution is -2.28. The summed E-state index contributed by atoms with van der Waals surface area (Å²) in [7, 11) is 0. The van der Waals surface area contributed by atoms with Crippen LogP contribution in [0.15, 0.2) is 30.5 Å². The summed E-state index contributed by atoms with van der Waals surface area (Å²) in [6.45, 7) is 2.21.